The van der Waals surface area contributed by atoms with Gasteiger partial charge in [0.1, 0.15) is 6.54 Å². The molecule has 0 spiro atoms. The van der Waals surface area contributed by atoms with E-state index in [1.807, 2.05) is 50.2 Å². The maximum Gasteiger partial charge on any atom is 0.325 e. The number of ether oxygens (including phenoxy) is 2. The molecule has 0 saturated carbocycles. The highest BCUT2D eigenvalue weighted by atomic mass is 16.5. The zero-order valence-corrected chi connectivity index (χ0v) is 21.7. The van der Waals surface area contributed by atoms with Gasteiger partial charge in [0.05, 0.1) is 31.9 Å². The minimum atomic E-state index is -0.428. The maximum absolute atomic E-state index is 11.7. The summed E-state index contributed by atoms with van der Waals surface area (Å²) in [6.45, 7) is 8.27. The molecule has 9 nitrogen and oxygen atoms in total. The summed E-state index contributed by atoms with van der Waals surface area (Å²) >= 11 is 0. The SMILES string of the molecule is CCOC(=O)CNC(=O)c1ccc(C)cc1.CCOC(=O)Cc1cccc(Cn2nc(C)ccc2=O)c1. The lowest BCUT2D eigenvalue weighted by atomic mass is 10.1. The molecule has 0 bridgehead atoms. The summed E-state index contributed by atoms with van der Waals surface area (Å²) in [5.41, 5.74) is 4.06. The molecule has 37 heavy (non-hydrogen) atoms. The van der Waals surface area contributed by atoms with Crippen LogP contribution in [-0.2, 0) is 32.0 Å². The number of hydrogen-bond acceptors (Lipinski definition) is 7. The Morgan fingerprint density at radius 2 is 1.51 bits per heavy atom. The number of carbonyl (C=O) groups is 3. The van der Waals surface area contributed by atoms with Crippen molar-refractivity contribution in [3.63, 3.8) is 0 Å². The first kappa shape index (κ1) is 29.0. The van der Waals surface area contributed by atoms with Crippen LogP contribution in [0, 0.1) is 13.8 Å². The van der Waals surface area contributed by atoms with Crippen molar-refractivity contribution in [1.82, 2.24) is 15.1 Å². The summed E-state index contributed by atoms with van der Waals surface area (Å²) in [4.78, 5) is 45.8. The van der Waals surface area contributed by atoms with Gasteiger partial charge in [0.15, 0.2) is 0 Å². The predicted octanol–water partition coefficient (Wildman–Crippen LogP) is 2.99. The standard InChI is InChI=1S/C16H18N2O3.C12H15NO3/c1-3-21-16(20)10-13-5-4-6-14(9-13)11-18-15(19)8-7-12(2)17-18;1-3-16-11(14)8-13-12(15)10-6-4-9(2)5-7-10/h4-9H,3,10-11H2,1-2H3;4-7H,3,8H2,1-2H3,(H,13,15). The molecule has 0 fully saturated rings. The quantitative estimate of drug-likeness (QED) is 0.443. The number of esters is 2. The molecule has 1 heterocycles. The van der Waals surface area contributed by atoms with Crippen molar-refractivity contribution in [1.29, 1.82) is 0 Å². The van der Waals surface area contributed by atoms with Crippen molar-refractivity contribution in [2.24, 2.45) is 0 Å². The number of aryl methyl sites for hydroxylation is 2. The normalized spacial score (nSPS) is 10.1. The molecule has 3 rings (SSSR count). The summed E-state index contributed by atoms with van der Waals surface area (Å²) in [5.74, 6) is -0.948. The molecule has 0 aliphatic heterocycles. The highest BCUT2D eigenvalue weighted by molar-refractivity contribution is 5.95. The van der Waals surface area contributed by atoms with Gasteiger partial charge < -0.3 is 14.8 Å². The average Bonchev–Trinajstić information content (AvgIpc) is 2.86. The van der Waals surface area contributed by atoms with Crippen molar-refractivity contribution in [2.75, 3.05) is 19.8 Å². The van der Waals surface area contributed by atoms with Crippen LogP contribution in [0.15, 0.2) is 65.5 Å². The van der Waals surface area contributed by atoms with Crippen LogP contribution >= 0.6 is 0 Å². The largest absolute Gasteiger partial charge is 0.466 e. The molecule has 1 N–H and O–H groups in total. The molecular formula is C28H33N3O6. The van der Waals surface area contributed by atoms with Gasteiger partial charge in [-0.3, -0.25) is 19.2 Å². The van der Waals surface area contributed by atoms with Gasteiger partial charge in [-0.05, 0) is 57.0 Å². The van der Waals surface area contributed by atoms with E-state index in [1.165, 1.54) is 10.7 Å². The highest BCUT2D eigenvalue weighted by Crippen LogP contribution is 2.08. The Morgan fingerprint density at radius 3 is 2.19 bits per heavy atom. The molecule has 0 aliphatic rings. The summed E-state index contributed by atoms with van der Waals surface area (Å²) < 4.78 is 11.0. The molecular weight excluding hydrogens is 474 g/mol. The minimum Gasteiger partial charge on any atom is -0.466 e. The van der Waals surface area contributed by atoms with E-state index in [0.29, 0.717) is 25.3 Å². The third-order valence-electron chi connectivity index (χ3n) is 4.99. The van der Waals surface area contributed by atoms with Gasteiger partial charge in [0.25, 0.3) is 11.5 Å². The summed E-state index contributed by atoms with van der Waals surface area (Å²) in [7, 11) is 0. The van der Waals surface area contributed by atoms with Crippen molar-refractivity contribution in [2.45, 2.75) is 40.7 Å². The molecule has 0 radical (unpaired) electrons. The molecule has 0 aliphatic carbocycles. The zero-order chi connectivity index (χ0) is 27.2. The first-order valence-electron chi connectivity index (χ1n) is 12.0. The third kappa shape index (κ3) is 10.5. The van der Waals surface area contributed by atoms with E-state index in [0.717, 1.165) is 22.4 Å². The van der Waals surface area contributed by atoms with Crippen LogP contribution in [0.25, 0.3) is 0 Å². The van der Waals surface area contributed by atoms with Crippen LogP contribution in [-0.4, -0.2) is 47.4 Å². The fourth-order valence-electron chi connectivity index (χ4n) is 3.23. The lowest BCUT2D eigenvalue weighted by molar-refractivity contribution is -0.143. The van der Waals surface area contributed by atoms with Crippen LogP contribution in [0.3, 0.4) is 0 Å². The van der Waals surface area contributed by atoms with Crippen LogP contribution in [0.4, 0.5) is 0 Å². The highest BCUT2D eigenvalue weighted by Gasteiger charge is 2.08. The summed E-state index contributed by atoms with van der Waals surface area (Å²) in [6, 6.07) is 17.9. The molecule has 3 aromatic rings. The van der Waals surface area contributed by atoms with Crippen LogP contribution in [0.2, 0.25) is 0 Å². The Hall–Kier alpha value is -4.27. The van der Waals surface area contributed by atoms with E-state index in [2.05, 4.69) is 10.4 Å². The second kappa shape index (κ2) is 15.0. The van der Waals surface area contributed by atoms with Crippen LogP contribution in [0.1, 0.15) is 46.6 Å². The zero-order valence-electron chi connectivity index (χ0n) is 21.7. The fraction of sp³-hybridized carbons (Fsp3) is 0.321. The number of nitrogens with zero attached hydrogens (tertiary/aromatic N) is 2. The van der Waals surface area contributed by atoms with Gasteiger partial charge in [0, 0.05) is 11.6 Å². The predicted molar refractivity (Wildman–Crippen MR) is 139 cm³/mol. The lowest BCUT2D eigenvalue weighted by Crippen LogP contribution is -2.30. The van der Waals surface area contributed by atoms with Gasteiger partial charge in [-0.1, -0.05) is 42.0 Å². The van der Waals surface area contributed by atoms with Crippen molar-refractivity contribution >= 4 is 17.8 Å². The monoisotopic (exact) mass is 507 g/mol. The van der Waals surface area contributed by atoms with Crippen molar-refractivity contribution in [3.8, 4) is 0 Å². The van der Waals surface area contributed by atoms with Gasteiger partial charge in [0.2, 0.25) is 0 Å². The Labute approximate surface area is 216 Å². The van der Waals surface area contributed by atoms with Crippen LogP contribution < -0.4 is 10.9 Å². The van der Waals surface area contributed by atoms with Crippen molar-refractivity contribution in [3.05, 3.63) is 99.0 Å². The molecule has 2 aromatic carbocycles. The Balaban J connectivity index is 0.000000271. The Bertz CT molecular complexity index is 1250. The first-order chi connectivity index (χ1) is 17.7. The van der Waals surface area contributed by atoms with Crippen LogP contribution in [0.5, 0.6) is 0 Å². The summed E-state index contributed by atoms with van der Waals surface area (Å²) in [5, 5.41) is 6.69. The fourth-order valence-corrected chi connectivity index (χ4v) is 3.23. The molecule has 1 aromatic heterocycles. The van der Waals surface area contributed by atoms with E-state index in [9.17, 15) is 19.2 Å². The molecule has 0 saturated heterocycles. The number of carbonyl (C=O) groups excluding carboxylic acids is 3. The van der Waals surface area contributed by atoms with E-state index in [-0.39, 0.29) is 30.4 Å². The third-order valence-corrected chi connectivity index (χ3v) is 4.99. The van der Waals surface area contributed by atoms with Gasteiger partial charge in [-0.15, -0.1) is 0 Å². The van der Waals surface area contributed by atoms with Gasteiger partial charge >= 0.3 is 11.9 Å². The van der Waals surface area contributed by atoms with E-state index < -0.39 is 5.97 Å². The van der Waals surface area contributed by atoms with E-state index >= 15 is 0 Å². The lowest BCUT2D eigenvalue weighted by Gasteiger charge is -2.07. The number of rotatable bonds is 9. The Kier molecular flexibility index (Phi) is 11.7. The van der Waals surface area contributed by atoms with Gasteiger partial charge in [-0.25, -0.2) is 4.68 Å². The number of benzene rings is 2. The molecule has 0 atom stereocenters. The van der Waals surface area contributed by atoms with E-state index in [1.54, 1.807) is 32.0 Å². The number of hydrogen-bond donors (Lipinski definition) is 1. The molecule has 1 amide bonds. The average molecular weight is 508 g/mol. The topological polar surface area (TPSA) is 117 Å². The van der Waals surface area contributed by atoms with Gasteiger partial charge in [-0.2, -0.15) is 5.10 Å². The summed E-state index contributed by atoms with van der Waals surface area (Å²) in [6.07, 6.45) is 0.234. The van der Waals surface area contributed by atoms with E-state index in [4.69, 9.17) is 9.47 Å². The molecule has 9 heteroatoms. The molecule has 196 valence electrons. The first-order valence-corrected chi connectivity index (χ1v) is 12.0. The second-order valence-electron chi connectivity index (χ2n) is 8.13. The second-order valence-corrected chi connectivity index (χ2v) is 8.13. The number of aromatic nitrogens is 2. The molecule has 0 unspecified atom stereocenters. The number of amides is 1. The Morgan fingerprint density at radius 1 is 0.865 bits per heavy atom. The van der Waals surface area contributed by atoms with Crippen molar-refractivity contribution < 1.29 is 23.9 Å². The number of nitrogens with one attached hydrogen (secondary N) is 1. The maximum atomic E-state index is 11.7. The minimum absolute atomic E-state index is 0.0967. The smallest absolute Gasteiger partial charge is 0.325 e.